The second kappa shape index (κ2) is 6.37. The Morgan fingerprint density at radius 3 is 2.24 bits per heavy atom. The van der Waals surface area contributed by atoms with Crippen LogP contribution in [0.1, 0.15) is 27.0 Å². The molecule has 0 unspecified atom stereocenters. The molecule has 2 rings (SSSR count). The highest BCUT2D eigenvalue weighted by Gasteiger charge is 2.11. The molecule has 21 heavy (non-hydrogen) atoms. The van der Waals surface area contributed by atoms with Crippen molar-refractivity contribution in [3.8, 4) is 0 Å². The van der Waals surface area contributed by atoms with E-state index in [9.17, 15) is 4.79 Å². The zero-order chi connectivity index (χ0) is 15.6. The van der Waals surface area contributed by atoms with Gasteiger partial charge in [-0.2, -0.15) is 0 Å². The SMILES string of the molecule is Cc1cc(C)c(NC(=O)c2ccc(C(N)=S)cc2)c(Br)c1. The van der Waals surface area contributed by atoms with Crippen LogP contribution in [0.3, 0.4) is 0 Å². The molecule has 0 radical (unpaired) electrons. The lowest BCUT2D eigenvalue weighted by Gasteiger charge is -2.12. The summed E-state index contributed by atoms with van der Waals surface area (Å²) in [4.78, 5) is 12.6. The molecule has 5 heteroatoms. The van der Waals surface area contributed by atoms with Gasteiger partial charge in [0.25, 0.3) is 5.91 Å². The Bertz CT molecular complexity index is 688. The highest BCUT2D eigenvalue weighted by atomic mass is 79.9. The van der Waals surface area contributed by atoms with Crippen LogP contribution in [0.5, 0.6) is 0 Å². The van der Waals surface area contributed by atoms with Gasteiger partial charge in [-0.05, 0) is 59.1 Å². The standard InChI is InChI=1S/C16H15BrN2OS/c1-9-7-10(2)14(13(17)8-9)19-16(20)12-5-3-11(4-6-12)15(18)21/h3-8H,1-2H3,(H2,18,21)(H,19,20). The van der Waals surface area contributed by atoms with Crippen LogP contribution in [-0.2, 0) is 0 Å². The first kappa shape index (κ1) is 15.7. The third-order valence-electron chi connectivity index (χ3n) is 3.10. The highest BCUT2D eigenvalue weighted by Crippen LogP contribution is 2.28. The topological polar surface area (TPSA) is 55.1 Å². The molecule has 2 aromatic carbocycles. The maximum absolute atomic E-state index is 12.3. The molecular weight excluding hydrogens is 348 g/mol. The molecule has 2 aromatic rings. The number of rotatable bonds is 3. The minimum atomic E-state index is -0.169. The molecule has 0 saturated heterocycles. The molecule has 0 aliphatic carbocycles. The Morgan fingerprint density at radius 2 is 1.71 bits per heavy atom. The maximum atomic E-state index is 12.3. The van der Waals surface area contributed by atoms with Crippen LogP contribution in [0.2, 0.25) is 0 Å². The van der Waals surface area contributed by atoms with Gasteiger partial charge in [-0.1, -0.05) is 30.4 Å². The molecule has 0 spiro atoms. The van der Waals surface area contributed by atoms with Gasteiger partial charge in [0.2, 0.25) is 0 Å². The maximum Gasteiger partial charge on any atom is 0.255 e. The largest absolute Gasteiger partial charge is 0.389 e. The van der Waals surface area contributed by atoms with Gasteiger partial charge in [0, 0.05) is 15.6 Å². The van der Waals surface area contributed by atoms with Crippen LogP contribution in [0.15, 0.2) is 40.9 Å². The number of amides is 1. The molecule has 0 heterocycles. The third-order valence-corrected chi connectivity index (χ3v) is 3.96. The second-order valence-corrected chi connectivity index (χ2v) is 6.13. The Hall–Kier alpha value is -1.72. The zero-order valence-corrected chi connectivity index (χ0v) is 14.1. The lowest BCUT2D eigenvalue weighted by molar-refractivity contribution is 0.102. The summed E-state index contributed by atoms with van der Waals surface area (Å²) in [5.74, 6) is -0.169. The number of nitrogens with one attached hydrogen (secondary N) is 1. The summed E-state index contributed by atoms with van der Waals surface area (Å²) in [7, 11) is 0. The number of carbonyl (C=O) groups excluding carboxylic acids is 1. The van der Waals surface area contributed by atoms with E-state index in [1.807, 2.05) is 26.0 Å². The summed E-state index contributed by atoms with van der Waals surface area (Å²) in [6.07, 6.45) is 0. The van der Waals surface area contributed by atoms with Crippen molar-refractivity contribution in [3.05, 3.63) is 63.1 Å². The van der Waals surface area contributed by atoms with Gasteiger partial charge in [-0.25, -0.2) is 0 Å². The normalized spacial score (nSPS) is 10.2. The van der Waals surface area contributed by atoms with Crippen molar-refractivity contribution >= 4 is 44.7 Å². The summed E-state index contributed by atoms with van der Waals surface area (Å²) >= 11 is 8.37. The summed E-state index contributed by atoms with van der Waals surface area (Å²) in [5.41, 5.74) is 9.77. The zero-order valence-electron chi connectivity index (χ0n) is 11.7. The van der Waals surface area contributed by atoms with Crippen molar-refractivity contribution in [3.63, 3.8) is 0 Å². The van der Waals surface area contributed by atoms with Crippen molar-refractivity contribution in [1.82, 2.24) is 0 Å². The van der Waals surface area contributed by atoms with Crippen LogP contribution >= 0.6 is 28.1 Å². The van der Waals surface area contributed by atoms with E-state index in [-0.39, 0.29) is 5.91 Å². The van der Waals surface area contributed by atoms with Crippen molar-refractivity contribution in [2.45, 2.75) is 13.8 Å². The van der Waals surface area contributed by atoms with Crippen LogP contribution in [-0.4, -0.2) is 10.9 Å². The molecule has 1 amide bonds. The fourth-order valence-electron chi connectivity index (χ4n) is 2.05. The van der Waals surface area contributed by atoms with Crippen LogP contribution in [0, 0.1) is 13.8 Å². The van der Waals surface area contributed by atoms with Crippen molar-refractivity contribution < 1.29 is 4.79 Å². The fourth-order valence-corrected chi connectivity index (χ4v) is 2.95. The minimum Gasteiger partial charge on any atom is -0.389 e. The quantitative estimate of drug-likeness (QED) is 0.812. The number of anilines is 1. The van der Waals surface area contributed by atoms with Gasteiger partial charge in [0.1, 0.15) is 4.99 Å². The monoisotopic (exact) mass is 362 g/mol. The van der Waals surface area contributed by atoms with Gasteiger partial charge >= 0.3 is 0 Å². The number of hydrogen-bond donors (Lipinski definition) is 2. The molecular formula is C16H15BrN2OS. The van der Waals surface area contributed by atoms with Crippen LogP contribution in [0.25, 0.3) is 0 Å². The van der Waals surface area contributed by atoms with Gasteiger partial charge < -0.3 is 11.1 Å². The summed E-state index contributed by atoms with van der Waals surface area (Å²) < 4.78 is 0.869. The fraction of sp³-hybridized carbons (Fsp3) is 0.125. The van der Waals surface area contributed by atoms with Crippen molar-refractivity contribution in [2.24, 2.45) is 5.73 Å². The minimum absolute atomic E-state index is 0.169. The Morgan fingerprint density at radius 1 is 1.14 bits per heavy atom. The summed E-state index contributed by atoms with van der Waals surface area (Å²) in [6.45, 7) is 3.97. The third kappa shape index (κ3) is 3.68. The van der Waals surface area contributed by atoms with E-state index in [1.165, 1.54) is 0 Å². The van der Waals surface area contributed by atoms with Gasteiger partial charge in [0.15, 0.2) is 0 Å². The van der Waals surface area contributed by atoms with E-state index in [4.69, 9.17) is 18.0 Å². The molecule has 3 N–H and O–H groups in total. The smallest absolute Gasteiger partial charge is 0.255 e. The number of halogens is 1. The molecule has 0 aliphatic heterocycles. The highest BCUT2D eigenvalue weighted by molar-refractivity contribution is 9.10. The second-order valence-electron chi connectivity index (χ2n) is 4.83. The van der Waals surface area contributed by atoms with Crippen LogP contribution < -0.4 is 11.1 Å². The lowest BCUT2D eigenvalue weighted by Crippen LogP contribution is -2.14. The van der Waals surface area contributed by atoms with Crippen molar-refractivity contribution in [1.29, 1.82) is 0 Å². The van der Waals surface area contributed by atoms with Crippen molar-refractivity contribution in [2.75, 3.05) is 5.32 Å². The Kier molecular flexibility index (Phi) is 4.75. The molecule has 0 aliphatic rings. The molecule has 0 atom stereocenters. The molecule has 108 valence electrons. The first-order valence-corrected chi connectivity index (χ1v) is 7.56. The van der Waals surface area contributed by atoms with Gasteiger partial charge in [-0.3, -0.25) is 4.79 Å². The van der Waals surface area contributed by atoms with E-state index in [2.05, 4.69) is 21.2 Å². The molecule has 0 saturated carbocycles. The van der Waals surface area contributed by atoms with E-state index >= 15 is 0 Å². The van der Waals surface area contributed by atoms with E-state index < -0.39 is 0 Å². The predicted octanol–water partition coefficient (Wildman–Crippen LogP) is 3.95. The number of carbonyl (C=O) groups is 1. The molecule has 3 nitrogen and oxygen atoms in total. The van der Waals surface area contributed by atoms with E-state index in [0.717, 1.165) is 26.9 Å². The first-order valence-electron chi connectivity index (χ1n) is 6.36. The number of hydrogen-bond acceptors (Lipinski definition) is 2. The van der Waals surface area contributed by atoms with Gasteiger partial charge in [0.05, 0.1) is 5.69 Å². The average Bonchev–Trinajstić information content (AvgIpc) is 2.42. The molecule has 0 bridgehead atoms. The average molecular weight is 363 g/mol. The molecule has 0 fully saturated rings. The molecule has 0 aromatic heterocycles. The lowest BCUT2D eigenvalue weighted by atomic mass is 10.1. The van der Waals surface area contributed by atoms with E-state index in [1.54, 1.807) is 24.3 Å². The summed E-state index contributed by atoms with van der Waals surface area (Å²) in [5, 5.41) is 2.92. The van der Waals surface area contributed by atoms with Gasteiger partial charge in [-0.15, -0.1) is 0 Å². The summed E-state index contributed by atoms with van der Waals surface area (Å²) in [6, 6.07) is 10.9. The van der Waals surface area contributed by atoms with Crippen LogP contribution in [0.4, 0.5) is 5.69 Å². The number of thiocarbonyl (C=S) groups is 1. The van der Waals surface area contributed by atoms with E-state index in [0.29, 0.717) is 10.6 Å². The Balaban J connectivity index is 2.24. The number of nitrogens with two attached hydrogens (primary N) is 1. The first-order chi connectivity index (χ1) is 9.88. The number of benzene rings is 2. The predicted molar refractivity (Wildman–Crippen MR) is 93.9 cm³/mol. The Labute approximate surface area is 137 Å². The number of aryl methyl sites for hydroxylation is 2.